The van der Waals surface area contributed by atoms with E-state index in [0.717, 1.165) is 69.5 Å². The van der Waals surface area contributed by atoms with Gasteiger partial charge in [-0.25, -0.2) is 9.59 Å². The fourth-order valence-electron chi connectivity index (χ4n) is 17.6. The first kappa shape index (κ1) is 63.7. The Kier molecular flexibility index (Phi) is 16.9. The summed E-state index contributed by atoms with van der Waals surface area (Å²) in [5.74, 6) is -0.0978. The molecule has 0 saturated heterocycles. The molecule has 1 N–H and O–H groups in total. The van der Waals surface area contributed by atoms with Crippen LogP contribution in [0.15, 0.2) is 142 Å². The molecule has 91 heavy (non-hydrogen) atoms. The second kappa shape index (κ2) is 24.2. The van der Waals surface area contributed by atoms with Gasteiger partial charge in [-0.3, -0.25) is 0 Å². The number of fused-ring (bicyclic) bond motifs is 18. The number of hydrogen-bond acceptors (Lipinski definition) is 9. The largest absolute Gasteiger partial charge is 0.478 e. The first-order valence-corrected chi connectivity index (χ1v) is 43.5. The van der Waals surface area contributed by atoms with Crippen molar-refractivity contribution in [1.29, 1.82) is 0 Å². The number of ether oxygens (including phenoxy) is 3. The summed E-state index contributed by atoms with van der Waals surface area (Å²) in [7, 11) is 14.1. The van der Waals surface area contributed by atoms with Crippen LogP contribution in [0.3, 0.4) is 0 Å². The summed E-state index contributed by atoms with van der Waals surface area (Å²) in [6.07, 6.45) is 16.7. The topological polar surface area (TPSA) is 94.6 Å². The zero-order valence-corrected chi connectivity index (χ0v) is 61.3. The first-order valence-electron chi connectivity index (χ1n) is 31.5. The van der Waals surface area contributed by atoms with Gasteiger partial charge in [0.05, 0.1) is 53.5 Å². The number of aromatic carboxylic acids is 1. The summed E-state index contributed by atoms with van der Waals surface area (Å²) in [5.41, 5.74) is 27.0. The molecular weight excluding hydrogens is 1330 g/mol. The molecule has 0 bridgehead atoms. The van der Waals surface area contributed by atoms with Gasteiger partial charge in [0.15, 0.2) is 24.5 Å². The van der Waals surface area contributed by atoms with Gasteiger partial charge in [0.2, 0.25) is 11.4 Å². The number of allylic oxidation sites excluding steroid dienone is 6. The fraction of sp³-hybridized carbons (Fsp3) is 0.437. The molecule has 0 amide bonds. The maximum Gasteiger partial charge on any atom is 0.337 e. The van der Waals surface area contributed by atoms with Gasteiger partial charge in [-0.05, 0) is 161 Å². The number of carbonyl (C=O) groups excluding carboxylic acids is 1. The van der Waals surface area contributed by atoms with E-state index in [4.69, 9.17) is 14.2 Å². The van der Waals surface area contributed by atoms with E-state index in [0.29, 0.717) is 23.0 Å². The summed E-state index contributed by atoms with van der Waals surface area (Å²) in [4.78, 5) is 29.3. The van der Waals surface area contributed by atoms with E-state index < -0.39 is 5.97 Å². The van der Waals surface area contributed by atoms with Gasteiger partial charge in [0.25, 0.3) is 0 Å². The van der Waals surface area contributed by atoms with Crippen LogP contribution < -0.4 is 9.80 Å². The van der Waals surface area contributed by atoms with Gasteiger partial charge in [-0.2, -0.15) is 9.15 Å². The monoisotopic (exact) mass is 1400 g/mol. The number of anilines is 2. The zero-order chi connectivity index (χ0) is 63.8. The molecule has 1 unspecified atom stereocenters. The quantitative estimate of drug-likeness (QED) is 0.154. The van der Waals surface area contributed by atoms with Crippen molar-refractivity contribution in [3.8, 4) is 0 Å². The molecule has 474 valence electrons. The minimum absolute atomic E-state index is 0.0206. The maximum absolute atomic E-state index is 12.4. The Morgan fingerprint density at radius 3 is 1.40 bits per heavy atom. The highest BCUT2D eigenvalue weighted by atomic mass is 33.4. The Labute approximate surface area is 567 Å². The van der Waals surface area contributed by atoms with Crippen LogP contribution in [0.4, 0.5) is 22.7 Å². The number of hydrogen-bond donors (Lipinski definition) is 1. The molecule has 10 nitrogen and oxygen atoms in total. The van der Waals surface area contributed by atoms with E-state index in [-0.39, 0.29) is 52.0 Å². The van der Waals surface area contributed by atoms with Crippen LogP contribution in [-0.4, -0.2) is 95.3 Å². The van der Waals surface area contributed by atoms with Crippen molar-refractivity contribution >= 4 is 140 Å². The molecule has 2 aliphatic carbocycles. The van der Waals surface area contributed by atoms with Gasteiger partial charge in [-0.1, -0.05) is 75.2 Å². The van der Waals surface area contributed by atoms with Crippen LogP contribution in [0.25, 0.3) is 0 Å². The number of aryl methyl sites for hydroxylation is 2. The Hall–Kier alpha value is -4.68. The minimum atomic E-state index is -0.875. The number of esters is 1. The lowest BCUT2D eigenvalue weighted by molar-refractivity contribution is -0.445. The van der Waals surface area contributed by atoms with Gasteiger partial charge >= 0.3 is 11.9 Å². The van der Waals surface area contributed by atoms with Crippen molar-refractivity contribution in [2.45, 2.75) is 154 Å². The van der Waals surface area contributed by atoms with Crippen molar-refractivity contribution in [3.63, 3.8) is 0 Å². The number of carbonyl (C=O) groups is 2. The number of methoxy groups -OCH3 is 1. The number of benzene rings is 4. The molecule has 0 fully saturated rings. The SMILES string of the molecule is COC(=O)c1ccc2c(c1)C(C)(C)C1=[N+]2CCC2O[C@H]3C[C@H]4CCN5C(=C4C=C3C=C12)C(C)(C)c1cc(C)ccc15.Cc1ccc2c(c1)C(C)(C)C1=C3C=C4C=C5C6=[N+](CC[C@H]5O[C@H]4C[C@H]3CCN12)c1ccc(C(=O)O)cc1C6(C)C.S=S=S=S=S=S=S=S=S=S. The predicted octanol–water partition coefficient (Wildman–Crippen LogP) is 13.2. The van der Waals surface area contributed by atoms with Crippen LogP contribution >= 0.6 is 0 Å². The van der Waals surface area contributed by atoms with Crippen molar-refractivity contribution in [2.75, 3.05) is 43.1 Å². The minimum Gasteiger partial charge on any atom is -0.478 e. The molecule has 0 aromatic heterocycles. The summed E-state index contributed by atoms with van der Waals surface area (Å²) in [6, 6.07) is 25.6. The van der Waals surface area contributed by atoms with Crippen molar-refractivity contribution in [1.82, 2.24) is 0 Å². The molecule has 6 atom stereocenters. The summed E-state index contributed by atoms with van der Waals surface area (Å²) in [6.45, 7) is 27.0. The van der Waals surface area contributed by atoms with Crippen LogP contribution in [0.1, 0.15) is 148 Å². The Morgan fingerprint density at radius 2 is 0.967 bits per heavy atom. The number of rotatable bonds is 2. The van der Waals surface area contributed by atoms with Crippen molar-refractivity contribution in [2.24, 2.45) is 11.8 Å². The van der Waals surface area contributed by atoms with E-state index in [1.165, 1.54) is 132 Å². The number of carboxylic acids is 1. The number of nitrogens with zero attached hydrogens (tertiary/aromatic N) is 4. The molecule has 0 radical (unpaired) electrons. The van der Waals surface area contributed by atoms with E-state index in [2.05, 4.69) is 177 Å². The van der Waals surface area contributed by atoms with Crippen molar-refractivity contribution in [3.05, 3.63) is 186 Å². The highest BCUT2D eigenvalue weighted by Crippen LogP contribution is 2.58. The predicted molar refractivity (Wildman–Crippen MR) is 392 cm³/mol. The molecule has 4 aromatic rings. The molecule has 4 aromatic carbocycles. The highest BCUT2D eigenvalue weighted by Gasteiger charge is 2.56. The normalized spacial score (nSPS) is 25.8. The molecule has 0 saturated carbocycles. The third-order valence-electron chi connectivity index (χ3n) is 21.4. The lowest BCUT2D eigenvalue weighted by Crippen LogP contribution is -2.46. The first-order chi connectivity index (χ1) is 43.6. The highest BCUT2D eigenvalue weighted by molar-refractivity contribution is 8.73. The molecule has 12 aliphatic rings. The lowest BCUT2D eigenvalue weighted by atomic mass is 9.71. The molecule has 10 aliphatic heterocycles. The summed E-state index contributed by atoms with van der Waals surface area (Å²) >= 11 is 9.31. The average Bonchev–Trinajstić information content (AvgIpc) is 1.61. The van der Waals surface area contributed by atoms with Crippen LogP contribution in [0.2, 0.25) is 0 Å². The van der Waals surface area contributed by atoms with E-state index in [1.54, 1.807) is 59.3 Å². The van der Waals surface area contributed by atoms with Gasteiger partial charge in [-0.15, -0.1) is 0 Å². The van der Waals surface area contributed by atoms with E-state index >= 15 is 0 Å². The van der Waals surface area contributed by atoms with Crippen LogP contribution in [0, 0.1) is 25.7 Å². The Balaban J connectivity index is 0.000000138. The summed E-state index contributed by atoms with van der Waals surface area (Å²) in [5, 5.41) is 9.66. The molecule has 20 heteroatoms. The Bertz CT molecular complexity index is 4570. The molecule has 16 rings (SSSR count). The number of carboxylic acid groups (broad SMARTS) is 1. The third-order valence-corrected chi connectivity index (χ3v) is 37.0. The van der Waals surface area contributed by atoms with Crippen LogP contribution in [-0.2, 0) is 129 Å². The van der Waals surface area contributed by atoms with Crippen LogP contribution in [0.5, 0.6) is 0 Å². The second-order valence-electron chi connectivity index (χ2n) is 28.0. The molecule has 0 spiro atoms. The zero-order valence-electron chi connectivity index (χ0n) is 53.1. The fourth-order valence-corrected chi connectivity index (χ4v) is 34.0. The second-order valence-corrected chi connectivity index (χ2v) is 42.1. The maximum atomic E-state index is 12.4. The van der Waals surface area contributed by atoms with E-state index in [9.17, 15) is 14.7 Å². The Morgan fingerprint density at radius 1 is 0.538 bits per heavy atom. The van der Waals surface area contributed by atoms with Crippen molar-refractivity contribution < 1.29 is 38.1 Å². The van der Waals surface area contributed by atoms with Gasteiger partial charge in [0, 0.05) is 187 Å². The van der Waals surface area contributed by atoms with Gasteiger partial charge < -0.3 is 29.1 Å². The standard InChI is InChI=1S/C36H39N2O3.C35H36N2O3.S10/c1-20-7-9-28-26(15-20)35(2,3)32-24-16-23-17-25-30(41-31(23)19-21(24)11-13-37(28)32)12-14-38-29-10-8-22(34(39)40-6)18-27(29)36(4,5)33(25)38;1-19-6-8-27-25(14-19)34(2,3)31-23-15-22-16-24-29(40-30(22)18-20(23)10-12-36(27)31)11-13-37-28-9-7-21(33(38)39)17-26(28)35(4,5)32(24)37;1-3-5-7-9-10-8-6-4-2/h7-10,15-18,21,30-31H,11-14,19H2,1-6H3;6-9,14-17,20,29-30H,10-13,18H2,1-5H3;/q+1;;/p+1/t21-,30?,31+;20-,29-,30+;/m11./s1. The molecular formula is C71H76N4O6S10+2. The average molecular weight is 1400 g/mol. The lowest BCUT2D eigenvalue weighted by Gasteiger charge is -2.44. The smallest absolute Gasteiger partial charge is 0.337 e. The van der Waals surface area contributed by atoms with Gasteiger partial charge in [0.1, 0.15) is 0 Å². The summed E-state index contributed by atoms with van der Waals surface area (Å²) < 4.78 is 23.8. The van der Waals surface area contributed by atoms with E-state index in [1.807, 2.05) is 24.3 Å². The third kappa shape index (κ3) is 10.6. The molecule has 10 heterocycles.